The van der Waals surface area contributed by atoms with Crippen molar-refractivity contribution in [3.05, 3.63) is 23.3 Å². The molecule has 0 aliphatic carbocycles. The smallest absolute Gasteiger partial charge is 0.337 e. The van der Waals surface area contributed by atoms with Crippen molar-refractivity contribution in [2.75, 3.05) is 18.6 Å². The van der Waals surface area contributed by atoms with Gasteiger partial charge in [0.1, 0.15) is 0 Å². The van der Waals surface area contributed by atoms with Gasteiger partial charge in [-0.2, -0.15) is 0 Å². The molecule has 0 amide bonds. The molecule has 6 heteroatoms. The van der Waals surface area contributed by atoms with Crippen molar-refractivity contribution in [1.82, 2.24) is 4.98 Å². The molecule has 0 saturated carbocycles. The van der Waals surface area contributed by atoms with Crippen molar-refractivity contribution >= 4 is 28.8 Å². The Labute approximate surface area is 90.7 Å². The van der Waals surface area contributed by atoms with Crippen LogP contribution in [0.4, 0.5) is 5.13 Å². The first-order chi connectivity index (χ1) is 7.31. The highest BCUT2D eigenvalue weighted by Gasteiger charge is 2.15. The van der Waals surface area contributed by atoms with Crippen LogP contribution in [0.2, 0.25) is 0 Å². The van der Waals surface area contributed by atoms with Crippen LogP contribution in [-0.4, -0.2) is 30.9 Å². The molecule has 0 unspecified atom stereocenters. The number of hydrogen-bond acceptors (Lipinski definition) is 6. The fraction of sp³-hybridized carbons (Fsp3) is 0.222. The number of esters is 1. The molecule has 0 atom stereocenters. The lowest BCUT2D eigenvalue weighted by molar-refractivity contribution is -0.136. The predicted octanol–water partition coefficient (Wildman–Crippen LogP) is 1.05. The zero-order chi connectivity index (χ0) is 10.7. The zero-order valence-electron chi connectivity index (χ0n) is 8.08. The van der Waals surface area contributed by atoms with Crippen molar-refractivity contribution in [3.63, 3.8) is 0 Å². The molecule has 1 aliphatic rings. The minimum atomic E-state index is -0.353. The van der Waals surface area contributed by atoms with Gasteiger partial charge in [0.25, 0.3) is 0 Å². The van der Waals surface area contributed by atoms with Gasteiger partial charge in [0, 0.05) is 17.8 Å². The number of ether oxygens (including phenoxy) is 1. The normalized spacial score (nSPS) is 15.0. The first-order valence-corrected chi connectivity index (χ1v) is 5.16. The van der Waals surface area contributed by atoms with Gasteiger partial charge >= 0.3 is 5.97 Å². The fourth-order valence-electron chi connectivity index (χ4n) is 1.17. The number of carbonyl (C=O) groups excluding carboxylic acids is 1. The van der Waals surface area contributed by atoms with E-state index in [0.29, 0.717) is 12.1 Å². The molecular weight excluding hydrogens is 214 g/mol. The average Bonchev–Trinajstić information content (AvgIpc) is 2.82. The van der Waals surface area contributed by atoms with Gasteiger partial charge < -0.3 is 4.74 Å². The highest BCUT2D eigenvalue weighted by molar-refractivity contribution is 7.13. The molecule has 0 spiro atoms. The van der Waals surface area contributed by atoms with E-state index >= 15 is 0 Å². The summed E-state index contributed by atoms with van der Waals surface area (Å²) in [5, 5.41) is 2.64. The van der Waals surface area contributed by atoms with Crippen molar-refractivity contribution in [2.24, 2.45) is 4.99 Å². The summed E-state index contributed by atoms with van der Waals surface area (Å²) < 4.78 is 4.63. The first-order valence-electron chi connectivity index (χ1n) is 4.28. The lowest BCUT2D eigenvalue weighted by atomic mass is 10.3. The molecule has 78 valence electrons. The highest BCUT2D eigenvalue weighted by Crippen LogP contribution is 2.19. The minimum absolute atomic E-state index is 0.353. The molecule has 0 aromatic carbocycles. The van der Waals surface area contributed by atoms with Gasteiger partial charge in [0.15, 0.2) is 5.13 Å². The Bertz CT molecular complexity index is 411. The molecule has 0 N–H and O–H groups in total. The maximum Gasteiger partial charge on any atom is 0.337 e. The van der Waals surface area contributed by atoms with Gasteiger partial charge in [-0.1, -0.05) is 0 Å². The summed E-state index contributed by atoms with van der Waals surface area (Å²) in [5.74, 6) is -0.353. The fourth-order valence-corrected chi connectivity index (χ4v) is 1.75. The molecule has 2 rings (SSSR count). The van der Waals surface area contributed by atoms with Gasteiger partial charge in [-0.05, 0) is 0 Å². The zero-order valence-corrected chi connectivity index (χ0v) is 8.90. The Hall–Kier alpha value is -1.69. The van der Waals surface area contributed by atoms with E-state index in [1.54, 1.807) is 23.6 Å². The number of rotatable bonds is 2. The quantitative estimate of drug-likeness (QED) is 0.703. The molecule has 15 heavy (non-hydrogen) atoms. The van der Waals surface area contributed by atoms with E-state index in [9.17, 15) is 4.79 Å². The largest absolute Gasteiger partial charge is 0.466 e. The summed E-state index contributed by atoms with van der Waals surface area (Å²) in [4.78, 5) is 21.2. The van der Waals surface area contributed by atoms with Gasteiger partial charge in [-0.15, -0.1) is 11.3 Å². The summed E-state index contributed by atoms with van der Waals surface area (Å²) in [7, 11) is 1.36. The molecule has 5 nitrogen and oxygen atoms in total. The van der Waals surface area contributed by atoms with Crippen molar-refractivity contribution in [1.29, 1.82) is 0 Å². The third kappa shape index (κ3) is 2.04. The second-order valence-electron chi connectivity index (χ2n) is 2.82. The molecule has 0 fully saturated rings. The van der Waals surface area contributed by atoms with Crippen LogP contribution in [-0.2, 0) is 9.53 Å². The Kier molecular flexibility index (Phi) is 2.77. The van der Waals surface area contributed by atoms with Gasteiger partial charge in [-0.25, -0.2) is 9.78 Å². The molecule has 2 heterocycles. The van der Waals surface area contributed by atoms with Crippen LogP contribution in [0.5, 0.6) is 0 Å². The standard InChI is InChI=1S/C9H9N3O2S/c1-14-8(13)7-4-10-6-12(5-7)9-11-2-3-15-9/h2-3,5-6H,4H2,1H3. The van der Waals surface area contributed by atoms with Gasteiger partial charge in [0.05, 0.1) is 25.6 Å². The SMILES string of the molecule is COC(=O)C1=CN(c2nccs2)C=NC1. The number of aliphatic imine (C=N–C) groups is 1. The number of nitrogens with zero attached hydrogens (tertiary/aromatic N) is 3. The van der Waals surface area contributed by atoms with E-state index in [1.165, 1.54) is 18.4 Å². The Morgan fingerprint density at radius 1 is 1.67 bits per heavy atom. The van der Waals surface area contributed by atoms with E-state index in [2.05, 4.69) is 14.7 Å². The molecule has 1 aromatic heterocycles. The van der Waals surface area contributed by atoms with Crippen LogP contribution in [0.3, 0.4) is 0 Å². The van der Waals surface area contributed by atoms with Crippen LogP contribution in [0.1, 0.15) is 0 Å². The monoisotopic (exact) mass is 223 g/mol. The summed E-state index contributed by atoms with van der Waals surface area (Å²) in [6, 6.07) is 0. The van der Waals surface area contributed by atoms with Crippen LogP contribution < -0.4 is 4.90 Å². The van der Waals surface area contributed by atoms with E-state index in [1.807, 2.05) is 5.38 Å². The molecule has 0 saturated heterocycles. The Balaban J connectivity index is 2.21. The topological polar surface area (TPSA) is 54.8 Å². The summed E-state index contributed by atoms with van der Waals surface area (Å²) in [6.45, 7) is 0.356. The predicted molar refractivity (Wildman–Crippen MR) is 58.1 cm³/mol. The van der Waals surface area contributed by atoms with Crippen LogP contribution in [0, 0.1) is 0 Å². The first kappa shape index (κ1) is 9.85. The number of carbonyl (C=O) groups is 1. The van der Waals surface area contributed by atoms with Crippen LogP contribution in [0.15, 0.2) is 28.3 Å². The lowest BCUT2D eigenvalue weighted by Gasteiger charge is -2.16. The molecule has 0 radical (unpaired) electrons. The van der Waals surface area contributed by atoms with Crippen LogP contribution in [0.25, 0.3) is 0 Å². The third-order valence-electron chi connectivity index (χ3n) is 1.85. The molecule has 1 aromatic rings. The van der Waals surface area contributed by atoms with Crippen molar-refractivity contribution < 1.29 is 9.53 Å². The maximum absolute atomic E-state index is 11.3. The maximum atomic E-state index is 11.3. The van der Waals surface area contributed by atoms with E-state index in [4.69, 9.17) is 0 Å². The second kappa shape index (κ2) is 4.22. The number of aromatic nitrogens is 1. The second-order valence-corrected chi connectivity index (χ2v) is 3.70. The van der Waals surface area contributed by atoms with Crippen molar-refractivity contribution in [3.8, 4) is 0 Å². The van der Waals surface area contributed by atoms with E-state index in [0.717, 1.165) is 5.13 Å². The summed E-state index contributed by atoms with van der Waals surface area (Å²) in [5.41, 5.74) is 0.523. The summed E-state index contributed by atoms with van der Waals surface area (Å²) in [6.07, 6.45) is 5.04. The van der Waals surface area contributed by atoms with E-state index in [-0.39, 0.29) is 5.97 Å². The number of thiazole rings is 1. The number of anilines is 1. The Morgan fingerprint density at radius 2 is 2.53 bits per heavy atom. The lowest BCUT2D eigenvalue weighted by Crippen LogP contribution is -2.22. The van der Waals surface area contributed by atoms with E-state index < -0.39 is 0 Å². The number of methoxy groups -OCH3 is 1. The van der Waals surface area contributed by atoms with Gasteiger partial charge in [0.2, 0.25) is 0 Å². The Morgan fingerprint density at radius 3 is 3.20 bits per heavy atom. The summed E-state index contributed by atoms with van der Waals surface area (Å²) >= 11 is 1.48. The third-order valence-corrected chi connectivity index (χ3v) is 2.64. The molecule has 1 aliphatic heterocycles. The minimum Gasteiger partial charge on any atom is -0.466 e. The number of hydrogen-bond donors (Lipinski definition) is 0. The van der Waals surface area contributed by atoms with Gasteiger partial charge in [-0.3, -0.25) is 9.89 Å². The molecule has 0 bridgehead atoms. The average molecular weight is 223 g/mol. The van der Waals surface area contributed by atoms with Crippen molar-refractivity contribution in [2.45, 2.75) is 0 Å². The highest BCUT2D eigenvalue weighted by atomic mass is 32.1. The molecular formula is C9H9N3O2S. The van der Waals surface area contributed by atoms with Crippen LogP contribution >= 0.6 is 11.3 Å².